The average molecular weight is 218 g/mol. The molecule has 84 valence electrons. The third kappa shape index (κ3) is 2.06. The van der Waals surface area contributed by atoms with Crippen molar-refractivity contribution in [2.45, 2.75) is 12.8 Å². The predicted octanol–water partition coefficient (Wildman–Crippen LogP) is 1.70. The molecule has 4 heteroatoms. The summed E-state index contributed by atoms with van der Waals surface area (Å²) in [7, 11) is 1.55. The van der Waals surface area contributed by atoms with Crippen LogP contribution in [0.2, 0.25) is 0 Å². The second kappa shape index (κ2) is 4.37. The quantitative estimate of drug-likeness (QED) is 0.484. The number of para-hydroxylation sites is 1. The molecule has 4 nitrogen and oxygen atoms in total. The summed E-state index contributed by atoms with van der Waals surface area (Å²) in [6.07, 6.45) is 2.75. The van der Waals surface area contributed by atoms with E-state index in [0.717, 1.165) is 21.5 Å². The third-order valence-corrected chi connectivity index (χ3v) is 2.56. The van der Waals surface area contributed by atoms with E-state index in [1.54, 1.807) is 13.3 Å². The van der Waals surface area contributed by atoms with E-state index in [-0.39, 0.29) is 5.91 Å². The van der Waals surface area contributed by atoms with Gasteiger partial charge in [-0.05, 0) is 18.1 Å². The molecule has 1 amide bonds. The van der Waals surface area contributed by atoms with Crippen LogP contribution in [0.15, 0.2) is 34.9 Å². The summed E-state index contributed by atoms with van der Waals surface area (Å²) >= 11 is 0. The number of nitrogens with two attached hydrogens (primary N) is 1. The molecule has 0 unspecified atom stereocenters. The summed E-state index contributed by atoms with van der Waals surface area (Å²) in [5.41, 5.74) is 1.90. The Morgan fingerprint density at radius 3 is 2.94 bits per heavy atom. The maximum absolute atomic E-state index is 11.3. The van der Waals surface area contributed by atoms with E-state index in [0.29, 0.717) is 12.8 Å². The lowest BCUT2D eigenvalue weighted by molar-refractivity contribution is -0.130. The van der Waals surface area contributed by atoms with Gasteiger partial charge in [0.1, 0.15) is 5.58 Å². The number of hydrazine groups is 1. The summed E-state index contributed by atoms with van der Waals surface area (Å²) in [5.74, 6) is 5.27. The van der Waals surface area contributed by atoms with Gasteiger partial charge in [-0.25, -0.2) is 5.84 Å². The highest BCUT2D eigenvalue weighted by atomic mass is 16.3. The van der Waals surface area contributed by atoms with E-state index in [2.05, 4.69) is 0 Å². The highest BCUT2D eigenvalue weighted by Gasteiger charge is 2.09. The number of benzene rings is 1. The molecule has 0 fully saturated rings. The van der Waals surface area contributed by atoms with Gasteiger partial charge in [0.25, 0.3) is 0 Å². The van der Waals surface area contributed by atoms with Gasteiger partial charge in [-0.2, -0.15) is 0 Å². The number of carbonyl (C=O) groups excluding carboxylic acids is 1. The van der Waals surface area contributed by atoms with Gasteiger partial charge in [0.15, 0.2) is 0 Å². The van der Waals surface area contributed by atoms with Crippen LogP contribution in [0.1, 0.15) is 12.0 Å². The zero-order valence-electron chi connectivity index (χ0n) is 9.14. The summed E-state index contributed by atoms with van der Waals surface area (Å²) in [4.78, 5) is 11.3. The minimum atomic E-state index is -0.0784. The Hall–Kier alpha value is -1.81. The largest absolute Gasteiger partial charge is 0.464 e. The van der Waals surface area contributed by atoms with Gasteiger partial charge >= 0.3 is 0 Å². The Morgan fingerprint density at radius 1 is 1.44 bits per heavy atom. The molecule has 0 radical (unpaired) electrons. The molecule has 0 spiro atoms. The molecule has 0 aliphatic heterocycles. The van der Waals surface area contributed by atoms with Crippen LogP contribution in [0.5, 0.6) is 0 Å². The van der Waals surface area contributed by atoms with Crippen LogP contribution in [-0.2, 0) is 11.2 Å². The van der Waals surface area contributed by atoms with Crippen molar-refractivity contribution < 1.29 is 9.21 Å². The molecular formula is C12H14N2O2. The molecule has 1 aromatic carbocycles. The second-order valence-corrected chi connectivity index (χ2v) is 3.76. The lowest BCUT2D eigenvalue weighted by Gasteiger charge is -2.08. The maximum Gasteiger partial charge on any atom is 0.236 e. The third-order valence-electron chi connectivity index (χ3n) is 2.56. The maximum atomic E-state index is 11.3. The molecule has 0 saturated carbocycles. The zero-order chi connectivity index (χ0) is 11.5. The molecule has 16 heavy (non-hydrogen) atoms. The number of hydrogen-bond acceptors (Lipinski definition) is 3. The highest BCUT2D eigenvalue weighted by Crippen LogP contribution is 2.21. The monoisotopic (exact) mass is 218 g/mol. The fraction of sp³-hybridized carbons (Fsp3) is 0.250. The van der Waals surface area contributed by atoms with Gasteiger partial charge in [0.2, 0.25) is 5.91 Å². The second-order valence-electron chi connectivity index (χ2n) is 3.76. The molecule has 0 aliphatic carbocycles. The van der Waals surface area contributed by atoms with Crippen LogP contribution in [-0.4, -0.2) is 18.0 Å². The molecule has 2 N–H and O–H groups in total. The first-order valence-corrected chi connectivity index (χ1v) is 5.15. The smallest absolute Gasteiger partial charge is 0.236 e. The minimum Gasteiger partial charge on any atom is -0.464 e. The van der Waals surface area contributed by atoms with Crippen molar-refractivity contribution in [1.82, 2.24) is 5.01 Å². The molecule has 1 aromatic heterocycles. The van der Waals surface area contributed by atoms with Crippen molar-refractivity contribution in [2.24, 2.45) is 5.84 Å². The Morgan fingerprint density at radius 2 is 2.19 bits per heavy atom. The van der Waals surface area contributed by atoms with Gasteiger partial charge in [-0.3, -0.25) is 9.80 Å². The number of fused-ring (bicyclic) bond motifs is 1. The summed E-state index contributed by atoms with van der Waals surface area (Å²) in [6, 6.07) is 7.78. The van der Waals surface area contributed by atoms with E-state index < -0.39 is 0 Å². The molecule has 0 aliphatic rings. The fourth-order valence-electron chi connectivity index (χ4n) is 1.64. The standard InChI is InChI=1S/C12H14N2O2/c1-14(13)12(15)7-6-9-8-16-11-5-3-2-4-10(9)11/h2-5,8H,6-7,13H2,1H3. The van der Waals surface area contributed by atoms with E-state index >= 15 is 0 Å². The van der Waals surface area contributed by atoms with Crippen molar-refractivity contribution in [2.75, 3.05) is 7.05 Å². The predicted molar refractivity (Wildman–Crippen MR) is 61.5 cm³/mol. The molecule has 0 atom stereocenters. The Bertz CT molecular complexity index is 502. The summed E-state index contributed by atoms with van der Waals surface area (Å²) in [6.45, 7) is 0. The van der Waals surface area contributed by atoms with Crippen molar-refractivity contribution in [1.29, 1.82) is 0 Å². The number of amides is 1. The van der Waals surface area contributed by atoms with E-state index in [1.807, 2.05) is 24.3 Å². The van der Waals surface area contributed by atoms with Gasteiger partial charge in [0.05, 0.1) is 6.26 Å². The number of nitrogens with zero attached hydrogens (tertiary/aromatic N) is 1. The molecule has 0 bridgehead atoms. The normalized spacial score (nSPS) is 10.6. The van der Waals surface area contributed by atoms with E-state index in [4.69, 9.17) is 10.3 Å². The van der Waals surface area contributed by atoms with Crippen LogP contribution >= 0.6 is 0 Å². The summed E-state index contributed by atoms with van der Waals surface area (Å²) < 4.78 is 5.39. The van der Waals surface area contributed by atoms with Gasteiger partial charge in [-0.15, -0.1) is 0 Å². The number of furan rings is 1. The molecule has 1 heterocycles. The van der Waals surface area contributed by atoms with Gasteiger partial charge in [-0.1, -0.05) is 18.2 Å². The molecular weight excluding hydrogens is 204 g/mol. The first-order valence-electron chi connectivity index (χ1n) is 5.15. The van der Waals surface area contributed by atoms with Crippen molar-refractivity contribution in [3.05, 3.63) is 36.1 Å². The number of aryl methyl sites for hydroxylation is 1. The first-order chi connectivity index (χ1) is 7.68. The topological polar surface area (TPSA) is 59.5 Å². The summed E-state index contributed by atoms with van der Waals surface area (Å²) in [5, 5.41) is 2.18. The van der Waals surface area contributed by atoms with Crippen molar-refractivity contribution in [3.63, 3.8) is 0 Å². The molecule has 2 aromatic rings. The van der Waals surface area contributed by atoms with Gasteiger partial charge < -0.3 is 4.42 Å². The number of hydrogen-bond donors (Lipinski definition) is 1. The SMILES string of the molecule is CN(N)C(=O)CCc1coc2ccccc12. The zero-order valence-corrected chi connectivity index (χ0v) is 9.14. The van der Waals surface area contributed by atoms with Crippen LogP contribution in [0.3, 0.4) is 0 Å². The minimum absolute atomic E-state index is 0.0784. The van der Waals surface area contributed by atoms with Crippen molar-refractivity contribution in [3.8, 4) is 0 Å². The average Bonchev–Trinajstić information content (AvgIpc) is 2.69. The van der Waals surface area contributed by atoms with Crippen LogP contribution in [0.25, 0.3) is 11.0 Å². The lowest BCUT2D eigenvalue weighted by Crippen LogP contribution is -2.33. The molecule has 2 rings (SSSR count). The molecule has 0 saturated heterocycles. The number of rotatable bonds is 3. The Kier molecular flexibility index (Phi) is 2.92. The highest BCUT2D eigenvalue weighted by molar-refractivity contribution is 5.82. The van der Waals surface area contributed by atoms with Crippen LogP contribution < -0.4 is 5.84 Å². The lowest BCUT2D eigenvalue weighted by atomic mass is 10.1. The van der Waals surface area contributed by atoms with E-state index in [1.165, 1.54) is 0 Å². The number of carbonyl (C=O) groups is 1. The van der Waals surface area contributed by atoms with Crippen LogP contribution in [0.4, 0.5) is 0 Å². The first kappa shape index (κ1) is 10.7. The van der Waals surface area contributed by atoms with Gasteiger partial charge in [0, 0.05) is 18.9 Å². The van der Waals surface area contributed by atoms with Crippen LogP contribution in [0, 0.1) is 0 Å². The fourth-order valence-corrected chi connectivity index (χ4v) is 1.64. The van der Waals surface area contributed by atoms with E-state index in [9.17, 15) is 4.79 Å². The Balaban J connectivity index is 2.13. The van der Waals surface area contributed by atoms with Crippen molar-refractivity contribution >= 4 is 16.9 Å². The Labute approximate surface area is 93.6 Å².